The normalized spacial score (nSPS) is 17.0. The van der Waals surface area contributed by atoms with E-state index in [4.69, 9.17) is 4.74 Å². The minimum Gasteiger partial charge on any atom is -0.491 e. The fraction of sp³-hybridized carbons (Fsp3) is 0.588. The van der Waals surface area contributed by atoms with Crippen molar-refractivity contribution in [3.05, 3.63) is 24.3 Å². The predicted molar refractivity (Wildman–Crippen MR) is 92.4 cm³/mol. The van der Waals surface area contributed by atoms with Gasteiger partial charge in [0.25, 0.3) is 0 Å². The molecule has 0 spiro atoms. The summed E-state index contributed by atoms with van der Waals surface area (Å²) in [5.41, 5.74) is -1.04. The monoisotopic (exact) mass is 354 g/mol. The summed E-state index contributed by atoms with van der Waals surface area (Å²) in [5.74, 6) is 0.370. The Hall–Kier alpha value is -1.60. The summed E-state index contributed by atoms with van der Waals surface area (Å²) >= 11 is 0. The first-order valence-corrected chi connectivity index (χ1v) is 9.86. The number of ether oxygens (including phenoxy) is 1. The lowest BCUT2D eigenvalue weighted by Crippen LogP contribution is -2.56. The molecule has 0 bridgehead atoms. The van der Waals surface area contributed by atoms with E-state index < -0.39 is 15.6 Å². The second kappa shape index (κ2) is 7.53. The first kappa shape index (κ1) is 18.7. The number of benzene rings is 1. The van der Waals surface area contributed by atoms with E-state index in [1.807, 2.05) is 20.8 Å². The van der Waals surface area contributed by atoms with E-state index in [-0.39, 0.29) is 16.9 Å². The molecule has 1 amide bonds. The third-order valence-electron chi connectivity index (χ3n) is 4.06. The van der Waals surface area contributed by atoms with Gasteiger partial charge in [-0.05, 0) is 57.9 Å². The molecule has 0 unspecified atom stereocenters. The summed E-state index contributed by atoms with van der Waals surface area (Å²) in [7, 11) is -3.78. The molecule has 1 aromatic carbocycles. The number of likely N-dealkylation sites (N-methyl/N-ethyl adjacent to an activating group) is 1. The standard InChI is InChI=1S/C17H26N2O4S/c1-4-18-16(20)17(11-5-6-12-17)19-24(21,22)15-9-7-14(8-10-15)23-13(2)3/h7-10,13,19H,4-6,11-12H2,1-3H3,(H,18,20). The fourth-order valence-corrected chi connectivity index (χ4v) is 4.39. The summed E-state index contributed by atoms with van der Waals surface area (Å²) in [6.07, 6.45) is 2.73. The van der Waals surface area contributed by atoms with Crippen LogP contribution in [0.25, 0.3) is 0 Å². The van der Waals surface area contributed by atoms with E-state index in [0.29, 0.717) is 25.1 Å². The van der Waals surface area contributed by atoms with Crippen LogP contribution in [0.1, 0.15) is 46.5 Å². The highest BCUT2D eigenvalue weighted by Crippen LogP contribution is 2.32. The highest BCUT2D eigenvalue weighted by Gasteiger charge is 2.44. The van der Waals surface area contributed by atoms with Crippen molar-refractivity contribution in [2.24, 2.45) is 0 Å². The second-order valence-electron chi connectivity index (χ2n) is 6.39. The van der Waals surface area contributed by atoms with E-state index in [9.17, 15) is 13.2 Å². The molecule has 0 heterocycles. The Morgan fingerprint density at radius 2 is 1.79 bits per heavy atom. The van der Waals surface area contributed by atoms with Gasteiger partial charge >= 0.3 is 0 Å². The number of nitrogens with one attached hydrogen (secondary N) is 2. The second-order valence-corrected chi connectivity index (χ2v) is 8.07. The molecule has 1 saturated carbocycles. The van der Waals surface area contributed by atoms with Crippen LogP contribution in [0, 0.1) is 0 Å². The lowest BCUT2D eigenvalue weighted by atomic mass is 9.98. The number of carbonyl (C=O) groups excluding carboxylic acids is 1. The van der Waals surface area contributed by atoms with Gasteiger partial charge in [0.15, 0.2) is 0 Å². The van der Waals surface area contributed by atoms with Crippen LogP contribution in [-0.4, -0.2) is 32.5 Å². The van der Waals surface area contributed by atoms with Crippen LogP contribution < -0.4 is 14.8 Å². The van der Waals surface area contributed by atoms with Crippen LogP contribution in [0.4, 0.5) is 0 Å². The van der Waals surface area contributed by atoms with E-state index >= 15 is 0 Å². The van der Waals surface area contributed by atoms with Gasteiger partial charge in [-0.1, -0.05) is 12.8 Å². The maximum absolute atomic E-state index is 12.7. The molecule has 1 aromatic rings. The topological polar surface area (TPSA) is 84.5 Å². The van der Waals surface area contributed by atoms with Crippen molar-refractivity contribution in [3.63, 3.8) is 0 Å². The molecule has 134 valence electrons. The van der Waals surface area contributed by atoms with Gasteiger partial charge in [0.2, 0.25) is 15.9 Å². The Kier molecular flexibility index (Phi) is 5.87. The molecule has 6 nitrogen and oxygen atoms in total. The molecule has 2 N–H and O–H groups in total. The van der Waals surface area contributed by atoms with Gasteiger partial charge in [-0.3, -0.25) is 4.79 Å². The van der Waals surface area contributed by atoms with E-state index in [1.54, 1.807) is 12.1 Å². The highest BCUT2D eigenvalue weighted by atomic mass is 32.2. The fourth-order valence-electron chi connectivity index (χ4n) is 2.97. The molecule has 0 atom stereocenters. The Morgan fingerprint density at radius 3 is 2.29 bits per heavy atom. The summed E-state index contributed by atoms with van der Waals surface area (Å²) in [5, 5.41) is 2.75. The minimum atomic E-state index is -3.78. The van der Waals surface area contributed by atoms with Gasteiger partial charge in [0.1, 0.15) is 11.3 Å². The van der Waals surface area contributed by atoms with Crippen LogP contribution in [0.5, 0.6) is 5.75 Å². The smallest absolute Gasteiger partial charge is 0.241 e. The van der Waals surface area contributed by atoms with Gasteiger partial charge in [-0.15, -0.1) is 0 Å². The number of rotatable bonds is 7. The average molecular weight is 354 g/mol. The zero-order chi connectivity index (χ0) is 17.8. The molecule has 24 heavy (non-hydrogen) atoms. The first-order chi connectivity index (χ1) is 11.3. The molecule has 1 fully saturated rings. The Morgan fingerprint density at radius 1 is 1.21 bits per heavy atom. The molecule has 0 radical (unpaired) electrons. The van der Waals surface area contributed by atoms with Crippen LogP contribution in [0.3, 0.4) is 0 Å². The average Bonchev–Trinajstić information content (AvgIpc) is 2.96. The molecule has 0 aromatic heterocycles. The largest absolute Gasteiger partial charge is 0.491 e. The molecule has 1 aliphatic rings. The van der Waals surface area contributed by atoms with Crippen LogP contribution in [0.15, 0.2) is 29.2 Å². The minimum absolute atomic E-state index is 0.0186. The SMILES string of the molecule is CCNC(=O)C1(NS(=O)(=O)c2ccc(OC(C)C)cc2)CCCC1. The third-order valence-corrected chi connectivity index (χ3v) is 5.62. The van der Waals surface area contributed by atoms with Crippen LogP contribution in [0.2, 0.25) is 0 Å². The molecular formula is C17H26N2O4S. The first-order valence-electron chi connectivity index (χ1n) is 8.38. The number of carbonyl (C=O) groups is 1. The number of hydrogen-bond acceptors (Lipinski definition) is 4. The lowest BCUT2D eigenvalue weighted by molar-refractivity contribution is -0.126. The predicted octanol–water partition coefficient (Wildman–Crippen LogP) is 2.20. The van der Waals surface area contributed by atoms with Gasteiger partial charge in [-0.2, -0.15) is 4.72 Å². The highest BCUT2D eigenvalue weighted by molar-refractivity contribution is 7.89. The molecular weight excluding hydrogens is 328 g/mol. The third kappa shape index (κ3) is 4.27. The van der Waals surface area contributed by atoms with Crippen LogP contribution in [-0.2, 0) is 14.8 Å². The Bertz CT molecular complexity index is 662. The molecule has 0 aliphatic heterocycles. The van der Waals surface area contributed by atoms with Crippen molar-refractivity contribution in [2.45, 2.75) is 63.0 Å². The zero-order valence-electron chi connectivity index (χ0n) is 14.5. The van der Waals surface area contributed by atoms with E-state index in [1.165, 1.54) is 12.1 Å². The molecule has 2 rings (SSSR count). The van der Waals surface area contributed by atoms with Crippen molar-refractivity contribution in [2.75, 3.05) is 6.54 Å². The maximum Gasteiger partial charge on any atom is 0.241 e. The molecule has 7 heteroatoms. The summed E-state index contributed by atoms with van der Waals surface area (Å²) in [6.45, 7) is 6.11. The Labute approximate surface area is 144 Å². The summed E-state index contributed by atoms with van der Waals surface area (Å²) in [6, 6.07) is 6.25. The summed E-state index contributed by atoms with van der Waals surface area (Å²) < 4.78 is 33.6. The molecule has 0 saturated heterocycles. The zero-order valence-corrected chi connectivity index (χ0v) is 15.3. The van der Waals surface area contributed by atoms with Crippen molar-refractivity contribution in [1.82, 2.24) is 10.0 Å². The van der Waals surface area contributed by atoms with E-state index in [0.717, 1.165) is 12.8 Å². The van der Waals surface area contributed by atoms with Crippen molar-refractivity contribution in [3.8, 4) is 5.75 Å². The quantitative estimate of drug-likeness (QED) is 0.786. The van der Waals surface area contributed by atoms with Crippen LogP contribution >= 0.6 is 0 Å². The summed E-state index contributed by atoms with van der Waals surface area (Å²) in [4.78, 5) is 12.5. The van der Waals surface area contributed by atoms with Crippen molar-refractivity contribution in [1.29, 1.82) is 0 Å². The molecule has 1 aliphatic carbocycles. The lowest BCUT2D eigenvalue weighted by Gasteiger charge is -2.28. The van der Waals surface area contributed by atoms with Gasteiger partial charge in [0, 0.05) is 6.54 Å². The van der Waals surface area contributed by atoms with Crippen molar-refractivity contribution < 1.29 is 17.9 Å². The van der Waals surface area contributed by atoms with Gasteiger partial charge < -0.3 is 10.1 Å². The number of hydrogen-bond donors (Lipinski definition) is 2. The van der Waals surface area contributed by atoms with Gasteiger partial charge in [0.05, 0.1) is 11.0 Å². The number of sulfonamides is 1. The maximum atomic E-state index is 12.7. The Balaban J connectivity index is 2.21. The van der Waals surface area contributed by atoms with Gasteiger partial charge in [-0.25, -0.2) is 8.42 Å². The van der Waals surface area contributed by atoms with E-state index in [2.05, 4.69) is 10.0 Å². The number of amides is 1. The van der Waals surface area contributed by atoms with Crippen molar-refractivity contribution >= 4 is 15.9 Å².